The van der Waals surface area contributed by atoms with Gasteiger partial charge in [0.25, 0.3) is 5.91 Å². The summed E-state index contributed by atoms with van der Waals surface area (Å²) in [4.78, 5) is 13.9. The van der Waals surface area contributed by atoms with Crippen LogP contribution in [0.15, 0.2) is 65.6 Å². The standard InChI is InChI=1S/C23H21Cl2NO2S/c1-3-28-22-12-7-16(23(27)26-21-6-4-5-20(25)15(21)2)13-17(22)14-29-19-10-8-18(24)9-11-19/h4-13H,3,14H2,1-2H3,(H,26,27). The molecule has 6 heteroatoms. The lowest BCUT2D eigenvalue weighted by molar-refractivity contribution is 0.102. The van der Waals surface area contributed by atoms with Crippen LogP contribution in [0.1, 0.15) is 28.4 Å². The van der Waals surface area contributed by atoms with Crippen molar-refractivity contribution >= 4 is 46.6 Å². The van der Waals surface area contributed by atoms with E-state index in [9.17, 15) is 4.79 Å². The number of hydrogen-bond acceptors (Lipinski definition) is 3. The molecule has 0 atom stereocenters. The molecule has 0 bridgehead atoms. The van der Waals surface area contributed by atoms with Crippen LogP contribution >= 0.6 is 35.0 Å². The Hall–Kier alpha value is -2.14. The minimum atomic E-state index is -0.184. The molecular weight excluding hydrogens is 425 g/mol. The molecule has 3 aromatic carbocycles. The van der Waals surface area contributed by atoms with Crippen molar-refractivity contribution in [1.82, 2.24) is 0 Å². The lowest BCUT2D eigenvalue weighted by Crippen LogP contribution is -2.13. The van der Waals surface area contributed by atoms with Gasteiger partial charge >= 0.3 is 0 Å². The van der Waals surface area contributed by atoms with Crippen molar-refractivity contribution in [1.29, 1.82) is 0 Å². The monoisotopic (exact) mass is 445 g/mol. The van der Waals surface area contributed by atoms with E-state index in [4.69, 9.17) is 27.9 Å². The summed E-state index contributed by atoms with van der Waals surface area (Å²) in [6, 6.07) is 18.6. The van der Waals surface area contributed by atoms with Gasteiger partial charge in [-0.15, -0.1) is 11.8 Å². The largest absolute Gasteiger partial charge is 0.494 e. The van der Waals surface area contributed by atoms with Crippen LogP contribution in [-0.2, 0) is 5.75 Å². The van der Waals surface area contributed by atoms with Crippen molar-refractivity contribution in [3.63, 3.8) is 0 Å². The topological polar surface area (TPSA) is 38.3 Å². The molecule has 3 rings (SSSR count). The molecule has 1 N–H and O–H groups in total. The van der Waals surface area contributed by atoms with E-state index in [-0.39, 0.29) is 5.91 Å². The Labute approximate surface area is 185 Å². The fourth-order valence-electron chi connectivity index (χ4n) is 2.76. The molecule has 0 aliphatic heterocycles. The molecule has 0 unspecified atom stereocenters. The number of hydrogen-bond donors (Lipinski definition) is 1. The van der Waals surface area contributed by atoms with Crippen LogP contribution in [0.3, 0.4) is 0 Å². The summed E-state index contributed by atoms with van der Waals surface area (Å²) in [5.41, 5.74) is 3.07. The number of anilines is 1. The van der Waals surface area contributed by atoms with Crippen molar-refractivity contribution < 1.29 is 9.53 Å². The van der Waals surface area contributed by atoms with E-state index >= 15 is 0 Å². The summed E-state index contributed by atoms with van der Waals surface area (Å²) in [7, 11) is 0. The first-order valence-electron chi connectivity index (χ1n) is 9.18. The zero-order valence-electron chi connectivity index (χ0n) is 16.2. The number of halogens is 2. The van der Waals surface area contributed by atoms with Crippen molar-refractivity contribution in [3.8, 4) is 5.75 Å². The number of thioether (sulfide) groups is 1. The van der Waals surface area contributed by atoms with Gasteiger partial charge in [0.15, 0.2) is 0 Å². The summed E-state index contributed by atoms with van der Waals surface area (Å²) in [5, 5.41) is 4.27. The highest BCUT2D eigenvalue weighted by Crippen LogP contribution is 2.30. The first kappa shape index (κ1) is 21.6. The Balaban J connectivity index is 1.80. The molecule has 0 radical (unpaired) electrons. The molecule has 0 heterocycles. The fourth-order valence-corrected chi connectivity index (χ4v) is 3.94. The molecule has 0 saturated heterocycles. The predicted octanol–water partition coefficient (Wildman–Crippen LogP) is 7.25. The Morgan fingerprint density at radius 3 is 2.55 bits per heavy atom. The van der Waals surface area contributed by atoms with Crippen molar-refractivity contribution in [2.45, 2.75) is 24.5 Å². The molecule has 150 valence electrons. The van der Waals surface area contributed by atoms with E-state index in [1.807, 2.05) is 62.4 Å². The highest BCUT2D eigenvalue weighted by molar-refractivity contribution is 7.98. The molecule has 0 fully saturated rings. The molecule has 0 saturated carbocycles. The van der Waals surface area contributed by atoms with Crippen LogP contribution in [0.2, 0.25) is 10.0 Å². The predicted molar refractivity (Wildman–Crippen MR) is 123 cm³/mol. The Morgan fingerprint density at radius 2 is 1.83 bits per heavy atom. The quantitative estimate of drug-likeness (QED) is 0.389. The maximum Gasteiger partial charge on any atom is 0.255 e. The van der Waals surface area contributed by atoms with Crippen LogP contribution in [0, 0.1) is 6.92 Å². The summed E-state index contributed by atoms with van der Waals surface area (Å²) < 4.78 is 5.75. The van der Waals surface area contributed by atoms with Crippen molar-refractivity contribution in [3.05, 3.63) is 87.4 Å². The number of rotatable bonds is 7. The number of benzene rings is 3. The number of amides is 1. The molecule has 0 aliphatic carbocycles. The third kappa shape index (κ3) is 5.69. The normalized spacial score (nSPS) is 10.6. The van der Waals surface area contributed by atoms with Gasteiger partial charge in [0, 0.05) is 37.5 Å². The summed E-state index contributed by atoms with van der Waals surface area (Å²) >= 11 is 13.8. The molecular formula is C23H21Cl2NO2S. The second-order valence-electron chi connectivity index (χ2n) is 6.36. The van der Waals surface area contributed by atoms with Crippen LogP contribution < -0.4 is 10.1 Å². The minimum Gasteiger partial charge on any atom is -0.494 e. The Kier molecular flexibility index (Phi) is 7.48. The van der Waals surface area contributed by atoms with Crippen molar-refractivity contribution in [2.75, 3.05) is 11.9 Å². The van der Waals surface area contributed by atoms with Crippen LogP contribution in [0.25, 0.3) is 0 Å². The van der Waals surface area contributed by atoms with Gasteiger partial charge in [-0.3, -0.25) is 4.79 Å². The third-order valence-corrected chi connectivity index (χ3v) is 6.07. The average molecular weight is 446 g/mol. The second-order valence-corrected chi connectivity index (χ2v) is 8.26. The summed E-state index contributed by atoms with van der Waals surface area (Å²) in [5.74, 6) is 1.27. The van der Waals surface area contributed by atoms with Gasteiger partial charge in [-0.25, -0.2) is 0 Å². The molecule has 3 nitrogen and oxygen atoms in total. The average Bonchev–Trinajstić information content (AvgIpc) is 2.72. The number of carbonyl (C=O) groups is 1. The number of ether oxygens (including phenoxy) is 1. The smallest absolute Gasteiger partial charge is 0.255 e. The molecule has 29 heavy (non-hydrogen) atoms. The zero-order valence-corrected chi connectivity index (χ0v) is 18.5. The van der Waals surface area contributed by atoms with Gasteiger partial charge in [-0.05, 0) is 74.0 Å². The number of carbonyl (C=O) groups excluding carboxylic acids is 1. The SMILES string of the molecule is CCOc1ccc(C(=O)Nc2cccc(Cl)c2C)cc1CSc1ccc(Cl)cc1. The molecule has 0 aromatic heterocycles. The van der Waals surface area contributed by atoms with Gasteiger partial charge in [0.2, 0.25) is 0 Å². The van der Waals surface area contributed by atoms with Gasteiger partial charge < -0.3 is 10.1 Å². The highest BCUT2D eigenvalue weighted by Gasteiger charge is 2.13. The molecule has 3 aromatic rings. The maximum atomic E-state index is 12.8. The first-order valence-corrected chi connectivity index (χ1v) is 10.9. The Bertz CT molecular complexity index is 1010. The van der Waals surface area contributed by atoms with Gasteiger partial charge in [-0.2, -0.15) is 0 Å². The highest BCUT2D eigenvalue weighted by atomic mass is 35.5. The Morgan fingerprint density at radius 1 is 1.07 bits per heavy atom. The first-order chi connectivity index (χ1) is 14.0. The lowest BCUT2D eigenvalue weighted by Gasteiger charge is -2.13. The number of nitrogens with one attached hydrogen (secondary N) is 1. The van der Waals surface area contributed by atoms with Crippen LogP contribution in [0.4, 0.5) is 5.69 Å². The van der Waals surface area contributed by atoms with Crippen LogP contribution in [-0.4, -0.2) is 12.5 Å². The lowest BCUT2D eigenvalue weighted by atomic mass is 10.1. The van der Waals surface area contributed by atoms with E-state index in [1.54, 1.807) is 23.9 Å². The van der Waals surface area contributed by atoms with Gasteiger partial charge in [0.05, 0.1) is 6.61 Å². The molecule has 0 aliphatic rings. The maximum absolute atomic E-state index is 12.8. The van der Waals surface area contributed by atoms with E-state index in [0.29, 0.717) is 33.7 Å². The summed E-state index contributed by atoms with van der Waals surface area (Å²) in [6.07, 6.45) is 0. The van der Waals surface area contributed by atoms with Gasteiger partial charge in [0.1, 0.15) is 5.75 Å². The van der Waals surface area contributed by atoms with E-state index in [0.717, 1.165) is 21.8 Å². The zero-order chi connectivity index (χ0) is 20.8. The van der Waals surface area contributed by atoms with E-state index < -0.39 is 0 Å². The van der Waals surface area contributed by atoms with Crippen molar-refractivity contribution in [2.24, 2.45) is 0 Å². The minimum absolute atomic E-state index is 0.184. The van der Waals surface area contributed by atoms with Crippen LogP contribution in [0.5, 0.6) is 5.75 Å². The van der Waals surface area contributed by atoms with Gasteiger partial charge in [-0.1, -0.05) is 29.3 Å². The van der Waals surface area contributed by atoms with E-state index in [1.165, 1.54) is 0 Å². The second kappa shape index (κ2) is 10.1. The fraction of sp³-hybridized carbons (Fsp3) is 0.174. The molecule has 0 spiro atoms. The summed E-state index contributed by atoms with van der Waals surface area (Å²) in [6.45, 7) is 4.38. The third-order valence-electron chi connectivity index (χ3n) is 4.35. The molecule has 1 amide bonds. The van der Waals surface area contributed by atoms with E-state index in [2.05, 4.69) is 5.32 Å².